The largest absolute Gasteiger partial charge is 0.347 e. The molecule has 0 aliphatic rings. The van der Waals surface area contributed by atoms with E-state index < -0.39 is 0 Å². The van der Waals surface area contributed by atoms with Crippen LogP contribution in [0.25, 0.3) is 10.9 Å². The fourth-order valence-corrected chi connectivity index (χ4v) is 1.98. The second kappa shape index (κ2) is 4.41. The van der Waals surface area contributed by atoms with E-state index in [-0.39, 0.29) is 5.69 Å². The highest BCUT2D eigenvalue weighted by Gasteiger charge is 2.03. The molecule has 0 saturated heterocycles. The van der Waals surface area contributed by atoms with Gasteiger partial charge in [0.2, 0.25) is 0 Å². The third-order valence-electron chi connectivity index (χ3n) is 2.86. The third-order valence-corrected chi connectivity index (χ3v) is 2.86. The summed E-state index contributed by atoms with van der Waals surface area (Å²) in [5.41, 5.74) is 1.76. The lowest BCUT2D eigenvalue weighted by Gasteiger charge is -2.07. The van der Waals surface area contributed by atoms with Gasteiger partial charge in [0.15, 0.2) is 0 Å². The van der Waals surface area contributed by atoms with Crippen LogP contribution in [0.1, 0.15) is 5.56 Å². The van der Waals surface area contributed by atoms with Crippen LogP contribution in [0.4, 0.5) is 0 Å². The van der Waals surface area contributed by atoms with Crippen LogP contribution in [-0.4, -0.2) is 14.5 Å². The topological polar surface area (TPSA) is 47.8 Å². The van der Waals surface area contributed by atoms with E-state index in [0.29, 0.717) is 6.54 Å². The summed E-state index contributed by atoms with van der Waals surface area (Å²) < 4.78 is 1.59. The lowest BCUT2D eigenvalue weighted by atomic mass is 10.1. The van der Waals surface area contributed by atoms with Crippen LogP contribution < -0.4 is 5.69 Å². The molecule has 0 bridgehead atoms. The zero-order chi connectivity index (χ0) is 12.4. The molecule has 0 N–H and O–H groups in total. The first-order valence-electron chi connectivity index (χ1n) is 5.69. The molecule has 0 amide bonds. The van der Waals surface area contributed by atoms with Gasteiger partial charge in [-0.3, -0.25) is 9.55 Å². The molecule has 0 saturated carbocycles. The third kappa shape index (κ3) is 1.88. The molecule has 3 rings (SSSR count). The zero-order valence-electron chi connectivity index (χ0n) is 9.65. The Kier molecular flexibility index (Phi) is 2.61. The van der Waals surface area contributed by atoms with Gasteiger partial charge in [-0.2, -0.15) is 0 Å². The van der Waals surface area contributed by atoms with E-state index in [9.17, 15) is 4.79 Å². The van der Waals surface area contributed by atoms with Crippen molar-refractivity contribution in [2.24, 2.45) is 0 Å². The van der Waals surface area contributed by atoms with Crippen LogP contribution in [0.2, 0.25) is 0 Å². The van der Waals surface area contributed by atoms with Crippen LogP contribution in [0.3, 0.4) is 0 Å². The molecule has 0 aliphatic heterocycles. The standard InChI is InChI=1S/C14H11N3O/c18-14-16-7-3-9-17(14)10-11-6-8-15-13-5-2-1-4-12(11)13/h1-9H,10H2. The molecule has 1 aromatic carbocycles. The van der Waals surface area contributed by atoms with Gasteiger partial charge >= 0.3 is 5.69 Å². The van der Waals surface area contributed by atoms with Gasteiger partial charge in [0.05, 0.1) is 12.1 Å². The lowest BCUT2D eigenvalue weighted by molar-refractivity contribution is 0.730. The van der Waals surface area contributed by atoms with Crippen molar-refractivity contribution in [3.63, 3.8) is 0 Å². The zero-order valence-corrected chi connectivity index (χ0v) is 9.65. The summed E-state index contributed by atoms with van der Waals surface area (Å²) in [5, 5.41) is 1.07. The maximum atomic E-state index is 11.6. The van der Waals surface area contributed by atoms with E-state index in [1.165, 1.54) is 6.20 Å². The number of aromatic nitrogens is 3. The molecule has 2 aromatic heterocycles. The highest BCUT2D eigenvalue weighted by atomic mass is 16.1. The van der Waals surface area contributed by atoms with Gasteiger partial charge in [0.25, 0.3) is 0 Å². The number of hydrogen-bond acceptors (Lipinski definition) is 3. The Morgan fingerprint density at radius 3 is 2.78 bits per heavy atom. The van der Waals surface area contributed by atoms with Crippen molar-refractivity contribution >= 4 is 10.9 Å². The smallest absolute Gasteiger partial charge is 0.295 e. The average molecular weight is 237 g/mol. The Morgan fingerprint density at radius 1 is 1.00 bits per heavy atom. The molecule has 0 radical (unpaired) electrons. The van der Waals surface area contributed by atoms with Crippen LogP contribution in [0.5, 0.6) is 0 Å². The first kappa shape index (κ1) is 10.7. The van der Waals surface area contributed by atoms with E-state index in [1.54, 1.807) is 23.0 Å². The minimum absolute atomic E-state index is 0.238. The predicted octanol–water partition coefficient (Wildman–Crippen LogP) is 1.84. The normalized spacial score (nSPS) is 10.7. The molecule has 0 spiro atoms. The van der Waals surface area contributed by atoms with Crippen LogP contribution in [-0.2, 0) is 6.54 Å². The highest BCUT2D eigenvalue weighted by Crippen LogP contribution is 2.16. The second-order valence-corrected chi connectivity index (χ2v) is 4.02. The van der Waals surface area contributed by atoms with Crippen molar-refractivity contribution in [3.05, 3.63) is 71.0 Å². The van der Waals surface area contributed by atoms with E-state index in [0.717, 1.165) is 16.5 Å². The molecular weight excluding hydrogens is 226 g/mol. The van der Waals surface area contributed by atoms with Gasteiger partial charge < -0.3 is 0 Å². The minimum atomic E-state index is -0.238. The Labute approximate surface area is 104 Å². The lowest BCUT2D eigenvalue weighted by Crippen LogP contribution is -2.22. The predicted molar refractivity (Wildman–Crippen MR) is 69.3 cm³/mol. The number of benzene rings is 1. The Balaban J connectivity index is 2.11. The van der Waals surface area contributed by atoms with Crippen molar-refractivity contribution in [2.45, 2.75) is 6.54 Å². The molecule has 4 nitrogen and oxygen atoms in total. The van der Waals surface area contributed by atoms with Gasteiger partial charge in [0, 0.05) is 24.0 Å². The SMILES string of the molecule is O=c1ncccn1Cc1ccnc2ccccc12. The maximum absolute atomic E-state index is 11.6. The molecule has 0 fully saturated rings. The van der Waals surface area contributed by atoms with Gasteiger partial charge in [-0.1, -0.05) is 18.2 Å². The fourth-order valence-electron chi connectivity index (χ4n) is 1.98. The molecule has 88 valence electrons. The number of rotatable bonds is 2. The van der Waals surface area contributed by atoms with Gasteiger partial charge in [-0.25, -0.2) is 9.78 Å². The molecule has 0 aliphatic carbocycles. The van der Waals surface area contributed by atoms with Gasteiger partial charge in [-0.15, -0.1) is 0 Å². The number of para-hydroxylation sites is 1. The van der Waals surface area contributed by atoms with Crippen LogP contribution >= 0.6 is 0 Å². The first-order valence-corrected chi connectivity index (χ1v) is 5.69. The van der Waals surface area contributed by atoms with Crippen LogP contribution in [0, 0.1) is 0 Å². The Hall–Kier alpha value is -2.49. The number of fused-ring (bicyclic) bond motifs is 1. The minimum Gasteiger partial charge on any atom is -0.295 e. The van der Waals surface area contributed by atoms with Gasteiger partial charge in [0.1, 0.15) is 0 Å². The molecule has 4 heteroatoms. The summed E-state index contributed by atoms with van der Waals surface area (Å²) in [4.78, 5) is 19.6. The van der Waals surface area contributed by atoms with Crippen molar-refractivity contribution in [2.75, 3.05) is 0 Å². The van der Waals surface area contributed by atoms with Gasteiger partial charge in [-0.05, 0) is 23.8 Å². The highest BCUT2D eigenvalue weighted by molar-refractivity contribution is 5.81. The number of nitrogens with zero attached hydrogens (tertiary/aromatic N) is 3. The molecule has 0 unspecified atom stereocenters. The van der Waals surface area contributed by atoms with Crippen molar-refractivity contribution < 1.29 is 0 Å². The summed E-state index contributed by atoms with van der Waals surface area (Å²) >= 11 is 0. The molecule has 0 atom stereocenters. The van der Waals surface area contributed by atoms with Crippen molar-refractivity contribution in [3.8, 4) is 0 Å². The van der Waals surface area contributed by atoms with E-state index >= 15 is 0 Å². The second-order valence-electron chi connectivity index (χ2n) is 4.02. The number of hydrogen-bond donors (Lipinski definition) is 0. The first-order chi connectivity index (χ1) is 8.84. The van der Waals surface area contributed by atoms with E-state index in [1.807, 2.05) is 30.3 Å². The summed E-state index contributed by atoms with van der Waals surface area (Å²) in [6.45, 7) is 0.510. The van der Waals surface area contributed by atoms with E-state index in [4.69, 9.17) is 0 Å². The Bertz CT molecular complexity index is 744. The van der Waals surface area contributed by atoms with Crippen LogP contribution in [0.15, 0.2) is 59.8 Å². The van der Waals surface area contributed by atoms with Crippen molar-refractivity contribution in [1.29, 1.82) is 0 Å². The summed E-state index contributed by atoms with van der Waals surface area (Å²) in [7, 11) is 0. The average Bonchev–Trinajstić information content (AvgIpc) is 2.42. The van der Waals surface area contributed by atoms with Crippen molar-refractivity contribution in [1.82, 2.24) is 14.5 Å². The molecular formula is C14H11N3O. The monoisotopic (exact) mass is 237 g/mol. The maximum Gasteiger partial charge on any atom is 0.347 e. The van der Waals surface area contributed by atoms with E-state index in [2.05, 4.69) is 9.97 Å². The quantitative estimate of drug-likeness (QED) is 0.683. The molecule has 2 heterocycles. The molecule has 18 heavy (non-hydrogen) atoms. The summed E-state index contributed by atoms with van der Waals surface area (Å²) in [6, 6.07) is 11.6. The fraction of sp³-hybridized carbons (Fsp3) is 0.0714. The summed E-state index contributed by atoms with van der Waals surface area (Å²) in [5.74, 6) is 0. The number of pyridine rings is 1. The Morgan fingerprint density at radius 2 is 1.89 bits per heavy atom. The summed E-state index contributed by atoms with van der Waals surface area (Å²) in [6.07, 6.45) is 5.01. The molecule has 3 aromatic rings.